The summed E-state index contributed by atoms with van der Waals surface area (Å²) in [5.41, 5.74) is 0. The molecule has 96 valence electrons. The summed E-state index contributed by atoms with van der Waals surface area (Å²) in [5.74, 6) is 1.06. The summed E-state index contributed by atoms with van der Waals surface area (Å²) in [6.07, 6.45) is 0.625. The molecule has 0 radical (unpaired) electrons. The fourth-order valence-corrected chi connectivity index (χ4v) is 4.12. The van der Waals surface area contributed by atoms with E-state index in [1.54, 1.807) is 11.3 Å². The molecular formula is C13H20ClNOS. The third kappa shape index (κ3) is 2.53. The summed E-state index contributed by atoms with van der Waals surface area (Å²) in [4.78, 5) is 1.30. The van der Waals surface area contributed by atoms with Gasteiger partial charge in [0, 0.05) is 16.8 Å². The van der Waals surface area contributed by atoms with Gasteiger partial charge in [0.05, 0.1) is 16.5 Å². The molecule has 0 bridgehead atoms. The van der Waals surface area contributed by atoms with Crippen LogP contribution in [0.25, 0.3) is 0 Å². The Bertz CT molecular complexity index is 381. The van der Waals surface area contributed by atoms with Gasteiger partial charge in [-0.2, -0.15) is 0 Å². The van der Waals surface area contributed by atoms with Gasteiger partial charge in [-0.05, 0) is 38.9 Å². The van der Waals surface area contributed by atoms with Crippen molar-refractivity contribution < 1.29 is 4.74 Å². The molecule has 2 nitrogen and oxygen atoms in total. The van der Waals surface area contributed by atoms with Crippen LogP contribution in [0.3, 0.4) is 0 Å². The number of halogens is 1. The topological polar surface area (TPSA) is 21.3 Å². The second-order valence-corrected chi connectivity index (χ2v) is 6.64. The van der Waals surface area contributed by atoms with Gasteiger partial charge in [0.25, 0.3) is 0 Å². The Kier molecular flexibility index (Phi) is 4.14. The summed E-state index contributed by atoms with van der Waals surface area (Å²) in [6.45, 7) is 6.61. The second kappa shape index (κ2) is 5.27. The quantitative estimate of drug-likeness (QED) is 0.906. The number of nitrogens with one attached hydrogen (secondary N) is 1. The molecule has 0 aliphatic carbocycles. The van der Waals surface area contributed by atoms with Gasteiger partial charge in [-0.1, -0.05) is 18.5 Å². The standard InChI is InChI=1S/C13H20ClNOS/c1-7-8(2)16-9(3)12(7)13(15-4)10-5-6-11(14)17-10/h5-9,12-13,15H,1-4H3. The third-order valence-electron chi connectivity index (χ3n) is 3.92. The lowest BCUT2D eigenvalue weighted by Gasteiger charge is -2.27. The van der Waals surface area contributed by atoms with E-state index in [1.165, 1.54) is 4.88 Å². The van der Waals surface area contributed by atoms with Gasteiger partial charge in [0.2, 0.25) is 0 Å². The van der Waals surface area contributed by atoms with Crippen LogP contribution in [-0.4, -0.2) is 19.3 Å². The Balaban J connectivity index is 2.24. The maximum absolute atomic E-state index is 6.03. The van der Waals surface area contributed by atoms with E-state index >= 15 is 0 Å². The molecule has 17 heavy (non-hydrogen) atoms. The summed E-state index contributed by atoms with van der Waals surface area (Å²) in [7, 11) is 2.01. The fraction of sp³-hybridized carbons (Fsp3) is 0.692. The van der Waals surface area contributed by atoms with Gasteiger partial charge in [0.1, 0.15) is 0 Å². The first-order valence-corrected chi connectivity index (χ1v) is 7.32. The van der Waals surface area contributed by atoms with E-state index in [9.17, 15) is 0 Å². The van der Waals surface area contributed by atoms with Crippen LogP contribution in [0.15, 0.2) is 12.1 Å². The first-order valence-electron chi connectivity index (χ1n) is 6.12. The van der Waals surface area contributed by atoms with Crippen molar-refractivity contribution in [1.82, 2.24) is 5.32 Å². The molecule has 1 aliphatic rings. The van der Waals surface area contributed by atoms with Crippen molar-refractivity contribution in [3.8, 4) is 0 Å². The minimum Gasteiger partial charge on any atom is -0.375 e. The lowest BCUT2D eigenvalue weighted by Crippen LogP contribution is -2.32. The SMILES string of the molecule is CNC(c1ccc(Cl)s1)C1C(C)OC(C)C1C. The largest absolute Gasteiger partial charge is 0.375 e. The highest BCUT2D eigenvalue weighted by Crippen LogP contribution is 2.42. The molecule has 1 fully saturated rings. The van der Waals surface area contributed by atoms with Crippen LogP contribution in [0.1, 0.15) is 31.7 Å². The van der Waals surface area contributed by atoms with E-state index in [0.29, 0.717) is 30.1 Å². The van der Waals surface area contributed by atoms with Crippen molar-refractivity contribution in [2.24, 2.45) is 11.8 Å². The van der Waals surface area contributed by atoms with E-state index in [4.69, 9.17) is 16.3 Å². The van der Waals surface area contributed by atoms with Gasteiger partial charge in [-0.3, -0.25) is 0 Å². The average molecular weight is 274 g/mol. The molecule has 2 heterocycles. The zero-order valence-corrected chi connectivity index (χ0v) is 12.3. The monoisotopic (exact) mass is 273 g/mol. The molecule has 4 heteroatoms. The molecule has 2 rings (SSSR count). The summed E-state index contributed by atoms with van der Waals surface area (Å²) < 4.78 is 6.78. The Hall–Kier alpha value is -0.0900. The molecule has 5 atom stereocenters. The minimum absolute atomic E-state index is 0.290. The van der Waals surface area contributed by atoms with Crippen molar-refractivity contribution in [3.63, 3.8) is 0 Å². The van der Waals surface area contributed by atoms with Crippen LogP contribution in [0.2, 0.25) is 4.34 Å². The van der Waals surface area contributed by atoms with Crippen LogP contribution >= 0.6 is 22.9 Å². The zero-order chi connectivity index (χ0) is 12.6. The lowest BCUT2D eigenvalue weighted by atomic mass is 9.83. The first kappa shape index (κ1) is 13.3. The summed E-state index contributed by atoms with van der Waals surface area (Å²) >= 11 is 7.69. The van der Waals surface area contributed by atoms with Gasteiger partial charge in [-0.25, -0.2) is 0 Å². The minimum atomic E-state index is 0.290. The molecule has 5 unspecified atom stereocenters. The highest BCUT2D eigenvalue weighted by molar-refractivity contribution is 7.16. The number of ether oxygens (including phenoxy) is 1. The van der Waals surface area contributed by atoms with Crippen molar-refractivity contribution in [2.75, 3.05) is 7.05 Å². The van der Waals surface area contributed by atoms with E-state index in [1.807, 2.05) is 13.1 Å². The number of rotatable bonds is 3. The average Bonchev–Trinajstić information content (AvgIpc) is 2.79. The van der Waals surface area contributed by atoms with Gasteiger partial charge < -0.3 is 10.1 Å². The van der Waals surface area contributed by atoms with Crippen LogP contribution in [0.4, 0.5) is 0 Å². The number of hydrogen-bond acceptors (Lipinski definition) is 3. The molecule has 0 saturated carbocycles. The Morgan fingerprint density at radius 3 is 2.41 bits per heavy atom. The van der Waals surface area contributed by atoms with Crippen molar-refractivity contribution in [2.45, 2.75) is 39.0 Å². The fourth-order valence-electron chi connectivity index (χ4n) is 2.89. The molecule has 1 aromatic heterocycles. The molecule has 1 aliphatic heterocycles. The Morgan fingerprint density at radius 1 is 1.29 bits per heavy atom. The van der Waals surface area contributed by atoms with E-state index in [-0.39, 0.29) is 0 Å². The highest BCUT2D eigenvalue weighted by Gasteiger charge is 2.42. The number of hydrogen-bond donors (Lipinski definition) is 1. The third-order valence-corrected chi connectivity index (χ3v) is 5.23. The second-order valence-electron chi connectivity index (χ2n) is 4.89. The van der Waals surface area contributed by atoms with Gasteiger partial charge in [-0.15, -0.1) is 11.3 Å². The summed E-state index contributed by atoms with van der Waals surface area (Å²) in [6, 6.07) is 4.43. The normalized spacial score (nSPS) is 35.1. The smallest absolute Gasteiger partial charge is 0.0931 e. The Labute approximate surface area is 112 Å². The lowest BCUT2D eigenvalue weighted by molar-refractivity contribution is 0.0479. The van der Waals surface area contributed by atoms with Crippen molar-refractivity contribution in [3.05, 3.63) is 21.3 Å². The molecule has 1 N–H and O–H groups in total. The Morgan fingerprint density at radius 2 is 2.00 bits per heavy atom. The predicted octanol–water partition coefficient (Wildman–Crippen LogP) is 3.72. The van der Waals surface area contributed by atoms with Gasteiger partial charge >= 0.3 is 0 Å². The molecule has 1 aromatic rings. The molecule has 0 aromatic carbocycles. The molecule has 1 saturated heterocycles. The summed E-state index contributed by atoms with van der Waals surface area (Å²) in [5, 5.41) is 3.43. The molecule has 0 spiro atoms. The van der Waals surface area contributed by atoms with Gasteiger partial charge in [0.15, 0.2) is 0 Å². The van der Waals surface area contributed by atoms with E-state index < -0.39 is 0 Å². The van der Waals surface area contributed by atoms with Crippen LogP contribution in [0, 0.1) is 11.8 Å². The number of thiophene rings is 1. The zero-order valence-electron chi connectivity index (χ0n) is 10.7. The molecule has 0 amide bonds. The highest BCUT2D eigenvalue weighted by atomic mass is 35.5. The maximum Gasteiger partial charge on any atom is 0.0931 e. The van der Waals surface area contributed by atoms with Crippen LogP contribution in [0.5, 0.6) is 0 Å². The molecular weight excluding hydrogens is 254 g/mol. The van der Waals surface area contributed by atoms with E-state index in [0.717, 1.165) is 4.34 Å². The van der Waals surface area contributed by atoms with Crippen molar-refractivity contribution in [1.29, 1.82) is 0 Å². The van der Waals surface area contributed by atoms with E-state index in [2.05, 4.69) is 32.2 Å². The maximum atomic E-state index is 6.03. The predicted molar refractivity (Wildman–Crippen MR) is 73.8 cm³/mol. The van der Waals surface area contributed by atoms with Crippen LogP contribution in [-0.2, 0) is 4.74 Å². The van der Waals surface area contributed by atoms with Crippen LogP contribution < -0.4 is 5.32 Å². The van der Waals surface area contributed by atoms with Crippen molar-refractivity contribution >= 4 is 22.9 Å². The first-order chi connectivity index (χ1) is 8.04.